The van der Waals surface area contributed by atoms with Gasteiger partial charge in [-0.1, -0.05) is 12.1 Å². The number of imidazole rings is 1. The molecule has 2 N–H and O–H groups in total. The molecule has 4 nitrogen and oxygen atoms in total. The summed E-state index contributed by atoms with van der Waals surface area (Å²) in [4.78, 5) is 4.39. The van der Waals surface area contributed by atoms with Crippen LogP contribution in [-0.4, -0.2) is 28.3 Å². The lowest BCUT2D eigenvalue weighted by molar-refractivity contribution is 0.100. The van der Waals surface area contributed by atoms with Crippen molar-refractivity contribution in [1.82, 2.24) is 9.55 Å². The number of nitrogens with zero attached hydrogens (tertiary/aromatic N) is 2. The van der Waals surface area contributed by atoms with Crippen LogP contribution in [-0.2, 0) is 11.3 Å². The van der Waals surface area contributed by atoms with Crippen molar-refractivity contribution < 1.29 is 4.74 Å². The minimum Gasteiger partial charge on any atom is -0.378 e. The van der Waals surface area contributed by atoms with Crippen LogP contribution in [0, 0.1) is 0 Å². The van der Waals surface area contributed by atoms with Crippen LogP contribution in [0.2, 0.25) is 0 Å². The summed E-state index contributed by atoms with van der Waals surface area (Å²) < 4.78 is 7.78. The van der Waals surface area contributed by atoms with Gasteiger partial charge >= 0.3 is 0 Å². The fourth-order valence-corrected chi connectivity index (χ4v) is 2.77. The number of hydrogen-bond acceptors (Lipinski definition) is 3. The van der Waals surface area contributed by atoms with E-state index >= 15 is 0 Å². The monoisotopic (exact) mass is 259 g/mol. The Morgan fingerprint density at radius 1 is 1.42 bits per heavy atom. The second-order valence-corrected chi connectivity index (χ2v) is 5.36. The summed E-state index contributed by atoms with van der Waals surface area (Å²) in [5, 5.41) is 0. The van der Waals surface area contributed by atoms with Crippen LogP contribution in [0.4, 0.5) is 0 Å². The van der Waals surface area contributed by atoms with Crippen molar-refractivity contribution in [2.45, 2.75) is 44.4 Å². The third kappa shape index (κ3) is 2.96. The van der Waals surface area contributed by atoms with Gasteiger partial charge in [-0.2, -0.15) is 0 Å². The summed E-state index contributed by atoms with van der Waals surface area (Å²) in [6.07, 6.45) is 6.81. The molecule has 0 spiro atoms. The first-order valence-corrected chi connectivity index (χ1v) is 7.10. The Balaban J connectivity index is 1.57. The van der Waals surface area contributed by atoms with Crippen LogP contribution in [0.1, 0.15) is 25.7 Å². The first kappa shape index (κ1) is 12.6. The summed E-state index contributed by atoms with van der Waals surface area (Å²) in [7, 11) is 0. The second-order valence-electron chi connectivity index (χ2n) is 5.36. The summed E-state index contributed by atoms with van der Waals surface area (Å²) >= 11 is 0. The predicted molar refractivity (Wildman–Crippen MR) is 75.9 cm³/mol. The molecule has 0 saturated carbocycles. The van der Waals surface area contributed by atoms with Crippen LogP contribution in [0.3, 0.4) is 0 Å². The molecule has 0 aliphatic carbocycles. The fraction of sp³-hybridized carbons (Fsp3) is 0.533. The summed E-state index contributed by atoms with van der Waals surface area (Å²) in [6, 6.07) is 8.34. The highest BCUT2D eigenvalue weighted by Crippen LogP contribution is 2.18. The number of fused-ring (bicyclic) bond motifs is 1. The van der Waals surface area contributed by atoms with Crippen LogP contribution >= 0.6 is 0 Å². The molecule has 1 aromatic carbocycles. The Kier molecular flexibility index (Phi) is 3.80. The molecule has 0 amide bonds. The van der Waals surface area contributed by atoms with E-state index in [2.05, 4.69) is 15.6 Å². The maximum atomic E-state index is 6.23. The van der Waals surface area contributed by atoms with Crippen molar-refractivity contribution in [2.75, 3.05) is 6.61 Å². The average Bonchev–Trinajstić information content (AvgIpc) is 3.07. The van der Waals surface area contributed by atoms with E-state index < -0.39 is 0 Å². The van der Waals surface area contributed by atoms with Crippen molar-refractivity contribution in [3.63, 3.8) is 0 Å². The van der Waals surface area contributed by atoms with Gasteiger partial charge in [-0.25, -0.2) is 4.98 Å². The molecule has 1 aliphatic heterocycles. The first-order chi connectivity index (χ1) is 9.33. The maximum absolute atomic E-state index is 6.23. The molecule has 2 atom stereocenters. The van der Waals surface area contributed by atoms with Crippen molar-refractivity contribution >= 4 is 11.0 Å². The molecule has 4 heteroatoms. The summed E-state index contributed by atoms with van der Waals surface area (Å²) in [6.45, 7) is 1.75. The van der Waals surface area contributed by atoms with Crippen LogP contribution in [0.5, 0.6) is 0 Å². The van der Waals surface area contributed by atoms with Gasteiger partial charge < -0.3 is 15.0 Å². The van der Waals surface area contributed by atoms with E-state index in [0.717, 1.165) is 37.0 Å². The van der Waals surface area contributed by atoms with Gasteiger partial charge in [0.05, 0.1) is 23.5 Å². The fourth-order valence-electron chi connectivity index (χ4n) is 2.77. The SMILES string of the molecule is NC(CCC1CCCO1)Cn1cnc2ccccc21. The second kappa shape index (κ2) is 5.72. The number of hydrogen-bond donors (Lipinski definition) is 1. The Labute approximate surface area is 113 Å². The van der Waals surface area contributed by atoms with Crippen molar-refractivity contribution in [3.8, 4) is 0 Å². The topological polar surface area (TPSA) is 53.1 Å². The molecule has 19 heavy (non-hydrogen) atoms. The Morgan fingerprint density at radius 3 is 3.16 bits per heavy atom. The third-order valence-corrected chi connectivity index (χ3v) is 3.84. The molecule has 1 fully saturated rings. The van der Waals surface area contributed by atoms with Crippen LogP contribution in [0.15, 0.2) is 30.6 Å². The summed E-state index contributed by atoms with van der Waals surface area (Å²) in [5.74, 6) is 0. The molecule has 2 aromatic rings. The van der Waals surface area contributed by atoms with E-state index in [1.807, 2.05) is 24.5 Å². The normalized spacial score (nSPS) is 21.0. The molecule has 0 radical (unpaired) electrons. The maximum Gasteiger partial charge on any atom is 0.0958 e. The Bertz CT molecular complexity index is 531. The molecule has 0 bridgehead atoms. The van der Waals surface area contributed by atoms with Crippen molar-refractivity contribution in [1.29, 1.82) is 0 Å². The van der Waals surface area contributed by atoms with Crippen molar-refractivity contribution in [2.24, 2.45) is 5.73 Å². The predicted octanol–water partition coefficient (Wildman–Crippen LogP) is 2.32. The zero-order valence-electron chi connectivity index (χ0n) is 11.2. The third-order valence-electron chi connectivity index (χ3n) is 3.84. The molecule has 2 unspecified atom stereocenters. The molecule has 2 heterocycles. The Hall–Kier alpha value is -1.39. The molecular weight excluding hydrogens is 238 g/mol. The van der Waals surface area contributed by atoms with E-state index in [4.69, 9.17) is 10.5 Å². The molecular formula is C15H21N3O. The van der Waals surface area contributed by atoms with Gasteiger partial charge in [-0.15, -0.1) is 0 Å². The van der Waals surface area contributed by atoms with E-state index in [-0.39, 0.29) is 6.04 Å². The van der Waals surface area contributed by atoms with E-state index in [9.17, 15) is 0 Å². The quantitative estimate of drug-likeness (QED) is 0.896. The highest BCUT2D eigenvalue weighted by molar-refractivity contribution is 5.74. The molecule has 1 saturated heterocycles. The first-order valence-electron chi connectivity index (χ1n) is 7.10. The lowest BCUT2D eigenvalue weighted by Crippen LogP contribution is -2.27. The van der Waals surface area contributed by atoms with E-state index in [0.29, 0.717) is 6.10 Å². The minimum atomic E-state index is 0.168. The van der Waals surface area contributed by atoms with Crippen molar-refractivity contribution in [3.05, 3.63) is 30.6 Å². The molecule has 1 aliphatic rings. The smallest absolute Gasteiger partial charge is 0.0958 e. The van der Waals surface area contributed by atoms with E-state index in [1.54, 1.807) is 0 Å². The summed E-state index contributed by atoms with van der Waals surface area (Å²) in [5.41, 5.74) is 8.43. The zero-order chi connectivity index (χ0) is 13.1. The highest BCUT2D eigenvalue weighted by Gasteiger charge is 2.16. The number of ether oxygens (including phenoxy) is 1. The van der Waals surface area contributed by atoms with Gasteiger partial charge in [0, 0.05) is 19.2 Å². The largest absolute Gasteiger partial charge is 0.378 e. The van der Waals surface area contributed by atoms with Gasteiger partial charge in [0.2, 0.25) is 0 Å². The van der Waals surface area contributed by atoms with Gasteiger partial charge in [-0.05, 0) is 37.8 Å². The molecule has 3 rings (SSSR count). The molecule has 1 aromatic heterocycles. The minimum absolute atomic E-state index is 0.168. The van der Waals surface area contributed by atoms with Gasteiger partial charge in [0.1, 0.15) is 0 Å². The number of nitrogens with two attached hydrogens (primary N) is 1. The highest BCUT2D eigenvalue weighted by atomic mass is 16.5. The van der Waals surface area contributed by atoms with Gasteiger partial charge in [-0.3, -0.25) is 0 Å². The van der Waals surface area contributed by atoms with Gasteiger partial charge in [0.15, 0.2) is 0 Å². The number of rotatable bonds is 5. The van der Waals surface area contributed by atoms with Crippen LogP contribution in [0.25, 0.3) is 11.0 Å². The number of aromatic nitrogens is 2. The Morgan fingerprint density at radius 2 is 2.32 bits per heavy atom. The number of benzene rings is 1. The average molecular weight is 259 g/mol. The van der Waals surface area contributed by atoms with Crippen LogP contribution < -0.4 is 5.73 Å². The zero-order valence-corrected chi connectivity index (χ0v) is 11.2. The lowest BCUT2D eigenvalue weighted by atomic mass is 10.1. The lowest BCUT2D eigenvalue weighted by Gasteiger charge is -2.15. The number of para-hydroxylation sites is 2. The standard InChI is InChI=1S/C15H21N3O/c16-12(7-8-13-4-3-9-19-13)10-18-11-17-14-5-1-2-6-15(14)18/h1-2,5-6,11-13H,3-4,7-10,16H2. The van der Waals surface area contributed by atoms with E-state index in [1.165, 1.54) is 12.8 Å². The van der Waals surface area contributed by atoms with Gasteiger partial charge in [0.25, 0.3) is 0 Å². The molecule has 102 valence electrons.